The molecule has 1 aliphatic heterocycles. The molecule has 2 aromatic heterocycles. The number of fused-ring (bicyclic) bond motifs is 6. The van der Waals surface area contributed by atoms with E-state index in [2.05, 4.69) is 69.5 Å². The minimum absolute atomic E-state index is 0.937. The van der Waals surface area contributed by atoms with Crippen LogP contribution in [0.1, 0.15) is 0 Å². The Morgan fingerprint density at radius 3 is 2.71 bits per heavy atom. The Kier molecular flexibility index (Phi) is 2.07. The van der Waals surface area contributed by atoms with E-state index < -0.39 is 0 Å². The molecule has 3 heterocycles. The van der Waals surface area contributed by atoms with Gasteiger partial charge in [-0.2, -0.15) is 0 Å². The summed E-state index contributed by atoms with van der Waals surface area (Å²) >= 11 is 0. The number of rotatable bonds is 1. The first-order valence-electron chi connectivity index (χ1n) is 7.94. The van der Waals surface area contributed by atoms with Gasteiger partial charge in [0.25, 0.3) is 0 Å². The van der Waals surface area contributed by atoms with Gasteiger partial charge in [-0.25, -0.2) is 9.97 Å². The number of nitrogens with one attached hydrogen (secondary N) is 2. The largest absolute Gasteiger partial charge is 0.345 e. The van der Waals surface area contributed by atoms with Gasteiger partial charge in [-0.1, -0.05) is 30.3 Å². The van der Waals surface area contributed by atoms with E-state index in [4.69, 9.17) is 4.98 Å². The summed E-state index contributed by atoms with van der Waals surface area (Å²) < 4.78 is 0. The maximum absolute atomic E-state index is 4.72. The molecule has 4 nitrogen and oxygen atoms in total. The standard InChI is InChI=1S/C20H12N4/c1-2-12-8-13(3-1)20-23-16-7-5-14(18(12)19(16)24-20)11-4-6-15-17(9-11)22-10-21-15/h1-10H,(H,21,22)(H,23,24). The van der Waals surface area contributed by atoms with Crippen LogP contribution in [-0.4, -0.2) is 19.9 Å². The zero-order chi connectivity index (χ0) is 15.7. The maximum atomic E-state index is 4.72. The van der Waals surface area contributed by atoms with Gasteiger partial charge in [0.1, 0.15) is 5.82 Å². The second-order valence-corrected chi connectivity index (χ2v) is 6.18. The third kappa shape index (κ3) is 1.47. The summed E-state index contributed by atoms with van der Waals surface area (Å²) in [6.07, 6.45) is 1.73. The van der Waals surface area contributed by atoms with Gasteiger partial charge < -0.3 is 9.97 Å². The molecule has 0 spiro atoms. The molecule has 0 saturated carbocycles. The molecule has 3 aromatic carbocycles. The van der Waals surface area contributed by atoms with Gasteiger partial charge in [0.05, 0.1) is 28.4 Å². The highest BCUT2D eigenvalue weighted by atomic mass is 14.9. The van der Waals surface area contributed by atoms with Crippen molar-refractivity contribution in [1.29, 1.82) is 0 Å². The van der Waals surface area contributed by atoms with Crippen LogP contribution < -0.4 is 0 Å². The Balaban J connectivity index is 1.74. The van der Waals surface area contributed by atoms with Crippen LogP contribution in [0.15, 0.2) is 60.9 Å². The minimum atomic E-state index is 0.937. The number of imidazole rings is 2. The number of benzene rings is 3. The molecule has 0 fully saturated rings. The van der Waals surface area contributed by atoms with Crippen LogP contribution in [-0.2, 0) is 0 Å². The van der Waals surface area contributed by atoms with Crippen LogP contribution in [0.2, 0.25) is 0 Å². The lowest BCUT2D eigenvalue weighted by Gasteiger charge is -2.12. The predicted molar refractivity (Wildman–Crippen MR) is 95.6 cm³/mol. The van der Waals surface area contributed by atoms with Gasteiger partial charge in [-0.15, -0.1) is 0 Å². The van der Waals surface area contributed by atoms with Gasteiger partial charge in [0, 0.05) is 11.1 Å². The second-order valence-electron chi connectivity index (χ2n) is 6.18. The second kappa shape index (κ2) is 4.11. The average molecular weight is 308 g/mol. The Labute approximate surface area is 137 Å². The van der Waals surface area contributed by atoms with Gasteiger partial charge in [-0.05, 0) is 41.0 Å². The highest BCUT2D eigenvalue weighted by Crippen LogP contribution is 2.41. The molecule has 0 unspecified atom stereocenters. The molecule has 5 aromatic rings. The first kappa shape index (κ1) is 12.1. The fourth-order valence-electron chi connectivity index (χ4n) is 3.68. The van der Waals surface area contributed by atoms with E-state index in [1.807, 2.05) is 0 Å². The summed E-state index contributed by atoms with van der Waals surface area (Å²) in [7, 11) is 0. The molecule has 0 atom stereocenters. The van der Waals surface area contributed by atoms with Gasteiger partial charge >= 0.3 is 0 Å². The average Bonchev–Trinajstić information content (AvgIpc) is 3.24. The fourth-order valence-corrected chi connectivity index (χ4v) is 3.68. The molecule has 0 radical (unpaired) electrons. The van der Waals surface area contributed by atoms with Gasteiger partial charge in [0.15, 0.2) is 0 Å². The van der Waals surface area contributed by atoms with E-state index in [0.29, 0.717) is 0 Å². The molecule has 24 heavy (non-hydrogen) atoms. The number of H-pyrrole nitrogens is 2. The molecule has 1 aliphatic rings. The fraction of sp³-hybridized carbons (Fsp3) is 0. The van der Waals surface area contributed by atoms with Crippen LogP contribution in [0, 0.1) is 0 Å². The molecule has 0 aliphatic carbocycles. The summed E-state index contributed by atoms with van der Waals surface area (Å²) in [6.45, 7) is 0. The molecule has 4 bridgehead atoms. The summed E-state index contributed by atoms with van der Waals surface area (Å²) in [4.78, 5) is 15.7. The molecule has 4 heteroatoms. The van der Waals surface area contributed by atoms with E-state index in [1.165, 1.54) is 22.3 Å². The molecule has 112 valence electrons. The lowest BCUT2D eigenvalue weighted by atomic mass is 9.92. The van der Waals surface area contributed by atoms with Crippen molar-refractivity contribution in [2.24, 2.45) is 0 Å². The van der Waals surface area contributed by atoms with E-state index in [0.717, 1.165) is 33.5 Å². The number of aromatic amines is 2. The SMILES string of the molecule is c1cc2cc(c1)-c1c(-c3ccc4nc[nH]c4c3)ccc3nc-2[nH]c13. The molecule has 2 N–H and O–H groups in total. The Hall–Kier alpha value is -3.40. The lowest BCUT2D eigenvalue weighted by molar-refractivity contribution is 1.34. The number of aromatic nitrogens is 4. The third-order valence-electron chi connectivity index (χ3n) is 4.81. The van der Waals surface area contributed by atoms with Crippen LogP contribution in [0.3, 0.4) is 0 Å². The number of hydrogen-bond acceptors (Lipinski definition) is 2. The quantitative estimate of drug-likeness (QED) is 0.460. The highest BCUT2D eigenvalue weighted by molar-refractivity contribution is 6.04. The molecular weight excluding hydrogens is 296 g/mol. The first-order valence-corrected chi connectivity index (χ1v) is 7.94. The van der Waals surface area contributed by atoms with Crippen LogP contribution >= 0.6 is 0 Å². The van der Waals surface area contributed by atoms with Crippen LogP contribution in [0.5, 0.6) is 0 Å². The van der Waals surface area contributed by atoms with E-state index in [-0.39, 0.29) is 0 Å². The molecule has 0 amide bonds. The number of nitrogens with zero attached hydrogens (tertiary/aromatic N) is 2. The normalized spacial score (nSPS) is 12.2. The van der Waals surface area contributed by atoms with Crippen molar-refractivity contribution in [1.82, 2.24) is 19.9 Å². The number of hydrogen-bond donors (Lipinski definition) is 2. The summed E-state index contributed by atoms with van der Waals surface area (Å²) in [6, 6.07) is 19.2. The predicted octanol–water partition coefficient (Wildman–Crippen LogP) is 4.75. The summed E-state index contributed by atoms with van der Waals surface area (Å²) in [5.74, 6) is 0.937. The van der Waals surface area contributed by atoms with E-state index >= 15 is 0 Å². The van der Waals surface area contributed by atoms with Crippen molar-refractivity contribution in [3.63, 3.8) is 0 Å². The van der Waals surface area contributed by atoms with Crippen LogP contribution in [0.25, 0.3) is 55.7 Å². The monoisotopic (exact) mass is 308 g/mol. The van der Waals surface area contributed by atoms with Crippen molar-refractivity contribution in [3.05, 3.63) is 60.9 Å². The molecule has 6 rings (SSSR count). The Bertz CT molecular complexity index is 1260. The third-order valence-corrected chi connectivity index (χ3v) is 4.81. The van der Waals surface area contributed by atoms with Crippen LogP contribution in [0.4, 0.5) is 0 Å². The van der Waals surface area contributed by atoms with Crippen molar-refractivity contribution >= 4 is 22.1 Å². The smallest absolute Gasteiger partial charge is 0.138 e. The molecule has 0 saturated heterocycles. The van der Waals surface area contributed by atoms with Gasteiger partial charge in [-0.3, -0.25) is 0 Å². The van der Waals surface area contributed by atoms with E-state index in [9.17, 15) is 0 Å². The zero-order valence-corrected chi connectivity index (χ0v) is 12.7. The van der Waals surface area contributed by atoms with Crippen molar-refractivity contribution < 1.29 is 0 Å². The highest BCUT2D eigenvalue weighted by Gasteiger charge is 2.19. The van der Waals surface area contributed by atoms with Crippen molar-refractivity contribution in [2.45, 2.75) is 0 Å². The Morgan fingerprint density at radius 1 is 0.792 bits per heavy atom. The van der Waals surface area contributed by atoms with Crippen molar-refractivity contribution in [3.8, 4) is 33.6 Å². The maximum Gasteiger partial charge on any atom is 0.138 e. The first-order chi connectivity index (χ1) is 11.9. The lowest BCUT2D eigenvalue weighted by Crippen LogP contribution is -1.88. The molecular formula is C20H12N4. The minimum Gasteiger partial charge on any atom is -0.345 e. The Morgan fingerprint density at radius 2 is 1.71 bits per heavy atom. The van der Waals surface area contributed by atoms with Gasteiger partial charge in [0.2, 0.25) is 0 Å². The van der Waals surface area contributed by atoms with Crippen molar-refractivity contribution in [2.75, 3.05) is 0 Å². The van der Waals surface area contributed by atoms with E-state index in [1.54, 1.807) is 6.33 Å². The summed E-state index contributed by atoms with van der Waals surface area (Å²) in [5.41, 5.74) is 10.1. The zero-order valence-electron chi connectivity index (χ0n) is 12.7. The topological polar surface area (TPSA) is 57.4 Å². The summed E-state index contributed by atoms with van der Waals surface area (Å²) in [5, 5.41) is 0.